The number of hydrogen-bond donors (Lipinski definition) is 1. The van der Waals surface area contributed by atoms with Crippen LogP contribution in [0.2, 0.25) is 0 Å². The van der Waals surface area contributed by atoms with Crippen LogP contribution >= 0.6 is 11.6 Å². The van der Waals surface area contributed by atoms with Gasteiger partial charge in [0, 0.05) is 24.4 Å². The maximum atomic E-state index is 13.1. The van der Waals surface area contributed by atoms with E-state index in [1.807, 2.05) is 5.32 Å². The summed E-state index contributed by atoms with van der Waals surface area (Å²) in [5.74, 6) is -3.60. The number of benzene rings is 1. The SMILES string of the molecule is O=C(CCCCl)Nc1c(F)cc(F)cc1F. The van der Waals surface area contributed by atoms with Crippen LogP contribution in [-0.2, 0) is 4.79 Å². The molecule has 1 amide bonds. The zero-order chi connectivity index (χ0) is 12.1. The molecule has 1 aromatic rings. The summed E-state index contributed by atoms with van der Waals surface area (Å²) in [6, 6.07) is 1.00. The largest absolute Gasteiger partial charge is 0.321 e. The molecule has 0 aliphatic rings. The number of carbonyl (C=O) groups is 1. The summed E-state index contributed by atoms with van der Waals surface area (Å²) < 4.78 is 38.7. The lowest BCUT2D eigenvalue weighted by Crippen LogP contribution is -2.14. The third-order valence-electron chi connectivity index (χ3n) is 1.81. The Morgan fingerprint density at radius 3 is 2.31 bits per heavy atom. The molecule has 16 heavy (non-hydrogen) atoms. The van der Waals surface area contributed by atoms with E-state index in [9.17, 15) is 18.0 Å². The number of anilines is 1. The summed E-state index contributed by atoms with van der Waals surface area (Å²) in [6.07, 6.45) is 0.456. The van der Waals surface area contributed by atoms with Crippen molar-refractivity contribution in [3.63, 3.8) is 0 Å². The highest BCUT2D eigenvalue weighted by Crippen LogP contribution is 2.20. The summed E-state index contributed by atoms with van der Waals surface area (Å²) in [7, 11) is 0. The lowest BCUT2D eigenvalue weighted by molar-refractivity contribution is -0.116. The van der Waals surface area contributed by atoms with Gasteiger partial charge in [-0.15, -0.1) is 11.6 Å². The van der Waals surface area contributed by atoms with E-state index in [1.54, 1.807) is 0 Å². The molecule has 1 rings (SSSR count). The monoisotopic (exact) mass is 251 g/mol. The van der Waals surface area contributed by atoms with Crippen LogP contribution in [0.25, 0.3) is 0 Å². The molecule has 0 heterocycles. The van der Waals surface area contributed by atoms with E-state index in [-0.39, 0.29) is 12.3 Å². The van der Waals surface area contributed by atoms with Gasteiger partial charge in [0.15, 0.2) is 11.6 Å². The third-order valence-corrected chi connectivity index (χ3v) is 2.08. The van der Waals surface area contributed by atoms with Crippen LogP contribution in [0.5, 0.6) is 0 Å². The molecule has 0 aromatic heterocycles. The van der Waals surface area contributed by atoms with Gasteiger partial charge < -0.3 is 5.32 Å². The third kappa shape index (κ3) is 3.41. The second-order valence-electron chi connectivity index (χ2n) is 3.09. The van der Waals surface area contributed by atoms with Crippen molar-refractivity contribution in [1.29, 1.82) is 0 Å². The molecule has 0 aliphatic carbocycles. The molecule has 1 N–H and O–H groups in total. The molecule has 0 unspecified atom stereocenters. The molecule has 0 atom stereocenters. The molecular formula is C10H9ClF3NO. The summed E-state index contributed by atoms with van der Waals surface area (Å²) in [5, 5.41) is 2.03. The number of nitrogens with one attached hydrogen (secondary N) is 1. The number of amides is 1. The van der Waals surface area contributed by atoms with Gasteiger partial charge in [-0.25, -0.2) is 13.2 Å². The van der Waals surface area contributed by atoms with E-state index in [0.717, 1.165) is 0 Å². The molecule has 1 aromatic carbocycles. The van der Waals surface area contributed by atoms with E-state index in [4.69, 9.17) is 11.6 Å². The number of alkyl halides is 1. The molecule has 0 saturated carbocycles. The van der Waals surface area contributed by atoms with E-state index < -0.39 is 29.0 Å². The molecule has 0 saturated heterocycles. The second kappa shape index (κ2) is 5.75. The predicted octanol–water partition coefficient (Wildman–Crippen LogP) is 3.06. The van der Waals surface area contributed by atoms with Gasteiger partial charge in [-0.05, 0) is 6.42 Å². The van der Waals surface area contributed by atoms with Crippen molar-refractivity contribution in [1.82, 2.24) is 0 Å². The van der Waals surface area contributed by atoms with Gasteiger partial charge in [0.1, 0.15) is 11.5 Å². The average Bonchev–Trinajstić information content (AvgIpc) is 2.20. The van der Waals surface area contributed by atoms with Crippen molar-refractivity contribution in [3.8, 4) is 0 Å². The van der Waals surface area contributed by atoms with E-state index in [0.29, 0.717) is 18.6 Å². The summed E-state index contributed by atoms with van der Waals surface area (Å²) in [6.45, 7) is 0. The minimum absolute atomic E-state index is 0.0553. The first-order chi connectivity index (χ1) is 7.54. The van der Waals surface area contributed by atoms with Crippen molar-refractivity contribution in [2.45, 2.75) is 12.8 Å². The topological polar surface area (TPSA) is 29.1 Å². The zero-order valence-electron chi connectivity index (χ0n) is 8.20. The van der Waals surface area contributed by atoms with Crippen molar-refractivity contribution in [2.24, 2.45) is 0 Å². The lowest BCUT2D eigenvalue weighted by atomic mass is 10.2. The Morgan fingerprint density at radius 2 is 1.81 bits per heavy atom. The highest BCUT2D eigenvalue weighted by atomic mass is 35.5. The molecule has 6 heteroatoms. The predicted molar refractivity (Wildman–Crippen MR) is 54.9 cm³/mol. The first-order valence-corrected chi connectivity index (χ1v) is 5.08. The van der Waals surface area contributed by atoms with Crippen LogP contribution in [-0.4, -0.2) is 11.8 Å². The summed E-state index contributed by atoms with van der Waals surface area (Å²) in [4.78, 5) is 11.2. The zero-order valence-corrected chi connectivity index (χ0v) is 8.95. The molecule has 0 spiro atoms. The van der Waals surface area contributed by atoms with Crippen LogP contribution in [0.3, 0.4) is 0 Å². The van der Waals surface area contributed by atoms with Crippen LogP contribution in [0.1, 0.15) is 12.8 Å². The quantitative estimate of drug-likeness (QED) is 0.819. The fourth-order valence-electron chi connectivity index (χ4n) is 1.09. The van der Waals surface area contributed by atoms with Crippen LogP contribution in [0, 0.1) is 17.5 Å². The Labute approximate surface area is 95.4 Å². The van der Waals surface area contributed by atoms with E-state index >= 15 is 0 Å². The fraction of sp³-hybridized carbons (Fsp3) is 0.300. The fourth-order valence-corrected chi connectivity index (χ4v) is 1.22. The first kappa shape index (κ1) is 12.8. The van der Waals surface area contributed by atoms with E-state index in [2.05, 4.69) is 0 Å². The number of hydrogen-bond acceptors (Lipinski definition) is 1. The number of rotatable bonds is 4. The Balaban J connectivity index is 2.77. The summed E-state index contributed by atoms with van der Waals surface area (Å²) >= 11 is 5.35. The molecule has 2 nitrogen and oxygen atoms in total. The highest BCUT2D eigenvalue weighted by molar-refractivity contribution is 6.18. The smallest absolute Gasteiger partial charge is 0.224 e. The molecule has 0 aliphatic heterocycles. The van der Waals surface area contributed by atoms with Crippen molar-refractivity contribution >= 4 is 23.2 Å². The highest BCUT2D eigenvalue weighted by Gasteiger charge is 2.13. The standard InChI is InChI=1S/C10H9ClF3NO/c11-3-1-2-9(16)15-10-7(13)4-6(12)5-8(10)14/h4-5H,1-3H2,(H,15,16). The van der Waals surface area contributed by atoms with Crippen LogP contribution < -0.4 is 5.32 Å². The number of carbonyl (C=O) groups excluding carboxylic acids is 1. The molecule has 0 bridgehead atoms. The lowest BCUT2D eigenvalue weighted by Gasteiger charge is -2.07. The van der Waals surface area contributed by atoms with Gasteiger partial charge in [0.2, 0.25) is 5.91 Å². The molecular weight excluding hydrogens is 243 g/mol. The van der Waals surface area contributed by atoms with Gasteiger partial charge in [-0.2, -0.15) is 0 Å². The van der Waals surface area contributed by atoms with Gasteiger partial charge >= 0.3 is 0 Å². The van der Waals surface area contributed by atoms with Gasteiger partial charge in [0.05, 0.1) is 0 Å². The maximum absolute atomic E-state index is 13.1. The Bertz CT molecular complexity index is 375. The van der Waals surface area contributed by atoms with Crippen molar-refractivity contribution in [3.05, 3.63) is 29.6 Å². The van der Waals surface area contributed by atoms with E-state index in [1.165, 1.54) is 0 Å². The first-order valence-electron chi connectivity index (χ1n) is 4.55. The molecule has 88 valence electrons. The summed E-state index contributed by atoms with van der Waals surface area (Å²) in [5.41, 5.74) is -0.638. The van der Waals surface area contributed by atoms with Crippen LogP contribution in [0.15, 0.2) is 12.1 Å². The number of halogens is 4. The van der Waals surface area contributed by atoms with Crippen LogP contribution in [0.4, 0.5) is 18.9 Å². The Kier molecular flexibility index (Phi) is 4.61. The normalized spacial score (nSPS) is 10.2. The Morgan fingerprint density at radius 1 is 1.25 bits per heavy atom. The average molecular weight is 252 g/mol. The molecule has 0 fully saturated rings. The van der Waals surface area contributed by atoms with Gasteiger partial charge in [-0.3, -0.25) is 4.79 Å². The second-order valence-corrected chi connectivity index (χ2v) is 3.46. The van der Waals surface area contributed by atoms with Gasteiger partial charge in [0.25, 0.3) is 0 Å². The maximum Gasteiger partial charge on any atom is 0.224 e. The van der Waals surface area contributed by atoms with Crippen molar-refractivity contribution < 1.29 is 18.0 Å². The van der Waals surface area contributed by atoms with Crippen molar-refractivity contribution in [2.75, 3.05) is 11.2 Å². The minimum atomic E-state index is -1.14. The van der Waals surface area contributed by atoms with Gasteiger partial charge in [-0.1, -0.05) is 0 Å². The Hall–Kier alpha value is -1.23. The molecule has 0 radical (unpaired) electrons. The minimum Gasteiger partial charge on any atom is -0.321 e.